The highest BCUT2D eigenvalue weighted by Crippen LogP contribution is 2.30. The molecule has 4 atom stereocenters. The van der Waals surface area contributed by atoms with Crippen molar-refractivity contribution in [3.63, 3.8) is 0 Å². The molecule has 4 aliphatic rings. The number of benzene rings is 2. The van der Waals surface area contributed by atoms with Gasteiger partial charge in [0.15, 0.2) is 0 Å². The number of pyridine rings is 2. The fraction of sp³-hybridized carbons (Fsp3) is 0.566. The van der Waals surface area contributed by atoms with E-state index in [9.17, 15) is 4.79 Å². The average Bonchev–Trinajstić information content (AvgIpc) is 4.17. The maximum Gasteiger partial charge on any atom is 0.410 e. The van der Waals surface area contributed by atoms with Crippen LogP contribution in [0.4, 0.5) is 16.2 Å². The zero-order valence-electron chi connectivity index (χ0n) is 39.3. The molecule has 2 aromatic carbocycles. The molecule has 352 valence electrons. The maximum absolute atomic E-state index is 12.5. The molecule has 0 spiro atoms. The van der Waals surface area contributed by atoms with E-state index < -0.39 is 5.60 Å². The average molecular weight is 891 g/mol. The number of ether oxygens (including phenoxy) is 5. The summed E-state index contributed by atoms with van der Waals surface area (Å²) in [6, 6.07) is 25.5. The highest BCUT2D eigenvalue weighted by atomic mass is 16.6. The van der Waals surface area contributed by atoms with Gasteiger partial charge >= 0.3 is 6.09 Å². The lowest BCUT2D eigenvalue weighted by Crippen LogP contribution is -2.42. The van der Waals surface area contributed by atoms with Gasteiger partial charge in [0, 0.05) is 64.1 Å². The first-order valence-corrected chi connectivity index (χ1v) is 24.4. The topological polar surface area (TPSA) is 111 Å². The van der Waals surface area contributed by atoms with Gasteiger partial charge in [0.1, 0.15) is 30.3 Å². The standard InChI is InChI=1S/C29H41N3O4.C24H33N3O2/c1-29(2,3)36-28(33)32-14-7-12-25(32)22-35-27-17-26(18-30-19-27)31-15-13-23(20-31)11-8-16-34-21-24-9-5-4-6-10-24;1-2-6-21(7-3-1)18-28-13-5-8-20-10-12-27(17-20)23-14-24(16-25-15-23)29-19-22-9-4-11-26-22/h4-6,9-10,17-19,23,25H,7-8,11-16,20-22H2,1-3H3;1-3,6-7,14-16,20,22,26H,4-5,8-13,17-19H2/t23-,25+;20-,22+/m11/s1. The Kier molecular flexibility index (Phi) is 18.6. The van der Waals surface area contributed by atoms with Crippen LogP contribution in [0.2, 0.25) is 0 Å². The molecule has 1 amide bonds. The first-order valence-electron chi connectivity index (χ1n) is 24.4. The van der Waals surface area contributed by atoms with E-state index in [1.807, 2.05) is 63.6 Å². The van der Waals surface area contributed by atoms with Crippen molar-refractivity contribution in [2.45, 2.75) is 116 Å². The lowest BCUT2D eigenvalue weighted by Gasteiger charge is -2.28. The molecule has 12 nitrogen and oxygen atoms in total. The quantitative estimate of drug-likeness (QED) is 0.0857. The van der Waals surface area contributed by atoms with Crippen LogP contribution in [0, 0.1) is 11.8 Å². The van der Waals surface area contributed by atoms with Gasteiger partial charge < -0.3 is 43.7 Å². The van der Waals surface area contributed by atoms with Crippen LogP contribution in [0.1, 0.15) is 96.1 Å². The second kappa shape index (κ2) is 25.1. The smallest absolute Gasteiger partial charge is 0.410 e. The van der Waals surface area contributed by atoms with Crippen molar-refractivity contribution >= 4 is 17.5 Å². The van der Waals surface area contributed by atoms with Gasteiger partial charge in [-0.3, -0.25) is 9.97 Å². The summed E-state index contributed by atoms with van der Waals surface area (Å²) in [5.74, 6) is 3.05. The Labute approximate surface area is 388 Å². The van der Waals surface area contributed by atoms with E-state index in [4.69, 9.17) is 23.7 Å². The summed E-state index contributed by atoms with van der Waals surface area (Å²) in [4.78, 5) is 28.0. The SMILES string of the molecule is CC(C)(C)OC(=O)N1CCC[C@H]1COc1cncc(N2CC[C@@H](CCCOCc3ccccc3)C2)c1.c1ccc(COCCC[C@@H]2CCN(c3cncc(OC[C@@H]4CCCN4)c3)C2)cc1. The monoisotopic (exact) mass is 891 g/mol. The van der Waals surface area contributed by atoms with E-state index in [1.165, 1.54) is 55.3 Å². The highest BCUT2D eigenvalue weighted by molar-refractivity contribution is 5.69. The molecule has 8 rings (SSSR count). The third kappa shape index (κ3) is 16.2. The molecule has 6 heterocycles. The minimum Gasteiger partial charge on any atom is -0.490 e. The van der Waals surface area contributed by atoms with E-state index >= 15 is 0 Å². The molecule has 12 heteroatoms. The lowest BCUT2D eigenvalue weighted by atomic mass is 10.0. The molecule has 4 saturated heterocycles. The number of hydrogen-bond donors (Lipinski definition) is 1. The third-order valence-corrected chi connectivity index (χ3v) is 12.8. The molecule has 0 unspecified atom stereocenters. The van der Waals surface area contributed by atoms with Crippen molar-refractivity contribution in [2.24, 2.45) is 11.8 Å². The van der Waals surface area contributed by atoms with Crippen LogP contribution >= 0.6 is 0 Å². The summed E-state index contributed by atoms with van der Waals surface area (Å²) in [6.45, 7) is 16.0. The van der Waals surface area contributed by atoms with Gasteiger partial charge in [0.05, 0.1) is 55.4 Å². The highest BCUT2D eigenvalue weighted by Gasteiger charge is 2.33. The number of rotatable bonds is 20. The van der Waals surface area contributed by atoms with Crippen molar-refractivity contribution in [2.75, 3.05) is 75.5 Å². The van der Waals surface area contributed by atoms with E-state index in [0.29, 0.717) is 38.3 Å². The minimum absolute atomic E-state index is 0.0313. The van der Waals surface area contributed by atoms with E-state index in [2.05, 4.69) is 73.6 Å². The lowest BCUT2D eigenvalue weighted by molar-refractivity contribution is 0.0187. The van der Waals surface area contributed by atoms with Crippen LogP contribution < -0.4 is 24.6 Å². The molecule has 0 aliphatic carbocycles. The van der Waals surface area contributed by atoms with Crippen molar-refractivity contribution in [1.29, 1.82) is 0 Å². The maximum atomic E-state index is 12.5. The second-order valence-corrected chi connectivity index (χ2v) is 19.2. The molecule has 0 bridgehead atoms. The van der Waals surface area contributed by atoms with Gasteiger partial charge in [-0.2, -0.15) is 0 Å². The Hall–Kier alpha value is -4.91. The van der Waals surface area contributed by atoms with E-state index in [0.717, 1.165) is 101 Å². The number of aromatic nitrogens is 2. The Morgan fingerprint density at radius 3 is 1.75 bits per heavy atom. The van der Waals surface area contributed by atoms with Gasteiger partial charge in [-0.1, -0.05) is 60.7 Å². The predicted octanol–water partition coefficient (Wildman–Crippen LogP) is 9.72. The number of amides is 1. The fourth-order valence-corrected chi connectivity index (χ4v) is 9.26. The summed E-state index contributed by atoms with van der Waals surface area (Å²) in [7, 11) is 0. The summed E-state index contributed by atoms with van der Waals surface area (Å²) in [5.41, 5.74) is 4.27. The van der Waals surface area contributed by atoms with Gasteiger partial charge in [0.2, 0.25) is 0 Å². The van der Waals surface area contributed by atoms with E-state index in [-0.39, 0.29) is 12.1 Å². The molecule has 2 aromatic heterocycles. The molecule has 1 N–H and O–H groups in total. The van der Waals surface area contributed by atoms with Crippen LogP contribution in [-0.4, -0.2) is 104 Å². The summed E-state index contributed by atoms with van der Waals surface area (Å²) in [6.07, 6.45) is 18.6. The first-order chi connectivity index (χ1) is 31.7. The van der Waals surface area contributed by atoms with Gasteiger partial charge in [-0.15, -0.1) is 0 Å². The predicted molar refractivity (Wildman–Crippen MR) is 258 cm³/mol. The normalized spacial score (nSPS) is 20.8. The number of hydrogen-bond acceptors (Lipinski definition) is 11. The van der Waals surface area contributed by atoms with Crippen LogP contribution in [-0.2, 0) is 27.4 Å². The third-order valence-electron chi connectivity index (χ3n) is 12.8. The van der Waals surface area contributed by atoms with E-state index in [1.54, 1.807) is 11.1 Å². The molecule has 0 saturated carbocycles. The van der Waals surface area contributed by atoms with Crippen LogP contribution in [0.5, 0.6) is 11.5 Å². The first kappa shape index (κ1) is 48.0. The van der Waals surface area contributed by atoms with Crippen LogP contribution in [0.15, 0.2) is 97.6 Å². The van der Waals surface area contributed by atoms with Crippen LogP contribution in [0.25, 0.3) is 0 Å². The number of carbonyl (C=O) groups excluding carboxylic acids is 1. The molecular weight excluding hydrogens is 817 g/mol. The van der Waals surface area contributed by atoms with Gasteiger partial charge in [-0.25, -0.2) is 4.79 Å². The molecule has 65 heavy (non-hydrogen) atoms. The van der Waals surface area contributed by atoms with Crippen molar-refractivity contribution < 1.29 is 28.5 Å². The summed E-state index contributed by atoms with van der Waals surface area (Å²) in [5, 5.41) is 3.47. The molecule has 0 radical (unpaired) electrons. The number of nitrogens with one attached hydrogen (secondary N) is 1. The number of likely N-dealkylation sites (tertiary alicyclic amines) is 1. The largest absolute Gasteiger partial charge is 0.490 e. The summed E-state index contributed by atoms with van der Waals surface area (Å²) >= 11 is 0. The van der Waals surface area contributed by atoms with Crippen molar-refractivity contribution in [1.82, 2.24) is 20.2 Å². The fourth-order valence-electron chi connectivity index (χ4n) is 9.26. The number of anilines is 2. The van der Waals surface area contributed by atoms with Crippen LogP contribution in [0.3, 0.4) is 0 Å². The van der Waals surface area contributed by atoms with Gasteiger partial charge in [-0.05, 0) is 114 Å². The Morgan fingerprint density at radius 1 is 0.677 bits per heavy atom. The summed E-state index contributed by atoms with van der Waals surface area (Å²) < 4.78 is 29.3. The Bertz CT molecular complexity index is 1980. The zero-order valence-corrected chi connectivity index (χ0v) is 39.3. The molecule has 4 aliphatic heterocycles. The van der Waals surface area contributed by atoms with Crippen molar-refractivity contribution in [3.05, 3.63) is 109 Å². The molecular formula is C53H74N6O6. The van der Waals surface area contributed by atoms with Gasteiger partial charge in [0.25, 0.3) is 0 Å². The number of carbonyl (C=O) groups is 1. The Balaban J connectivity index is 0.000000198. The zero-order chi connectivity index (χ0) is 45.1. The number of nitrogens with zero attached hydrogens (tertiary/aromatic N) is 5. The Morgan fingerprint density at radius 2 is 1.23 bits per heavy atom. The molecule has 4 aromatic rings. The van der Waals surface area contributed by atoms with Crippen molar-refractivity contribution in [3.8, 4) is 11.5 Å². The molecule has 4 fully saturated rings. The second-order valence-electron chi connectivity index (χ2n) is 19.2. The minimum atomic E-state index is -0.494.